The van der Waals surface area contributed by atoms with E-state index >= 15 is 0 Å². The van der Waals surface area contributed by atoms with Gasteiger partial charge in [0.1, 0.15) is 24.0 Å². The first-order valence-corrected chi connectivity index (χ1v) is 21.2. The number of hydrogen-bond acceptors (Lipinski definition) is 13. The van der Waals surface area contributed by atoms with Crippen LogP contribution < -0.4 is 14.7 Å². The molecule has 0 spiro atoms. The number of nitrogens with zero attached hydrogens (tertiary/aromatic N) is 15. The molecule has 0 N–H and O–H groups in total. The van der Waals surface area contributed by atoms with Crippen LogP contribution in [0.15, 0.2) is 25.0 Å². The number of fused-ring (bicyclic) bond motifs is 6. The molecule has 6 aliphatic rings. The summed E-state index contributed by atoms with van der Waals surface area (Å²) < 4.78 is 4.08. The van der Waals surface area contributed by atoms with Crippen molar-refractivity contribution in [1.29, 1.82) is 0 Å². The zero-order valence-corrected chi connectivity index (χ0v) is 33.9. The van der Waals surface area contributed by atoms with Crippen molar-refractivity contribution in [2.24, 2.45) is 0 Å². The zero-order valence-electron chi connectivity index (χ0n) is 33.1. The second-order valence-electron chi connectivity index (χ2n) is 16.0. The van der Waals surface area contributed by atoms with E-state index in [2.05, 4.69) is 87.4 Å². The van der Waals surface area contributed by atoms with Gasteiger partial charge in [-0.2, -0.15) is 9.97 Å². The molecule has 16 heteroatoms. The summed E-state index contributed by atoms with van der Waals surface area (Å²) in [4.78, 5) is 30.5. The van der Waals surface area contributed by atoms with Crippen LogP contribution in [0, 0.1) is 0 Å². The smallest absolute Gasteiger partial charge is 0.227 e. The normalized spacial score (nSPS) is 23.0. The largest absolute Gasteiger partial charge is 0.341 e. The second kappa shape index (κ2) is 17.0. The number of hydrogen-bond donors (Lipinski definition) is 0. The van der Waals surface area contributed by atoms with E-state index in [0.29, 0.717) is 17.4 Å². The predicted molar refractivity (Wildman–Crippen MR) is 215 cm³/mol. The summed E-state index contributed by atoms with van der Waals surface area (Å²) in [6, 6.07) is 1.48. The predicted octanol–water partition coefficient (Wildman–Crippen LogP) is 6.05. The highest BCUT2D eigenvalue weighted by molar-refractivity contribution is 6.28. The summed E-state index contributed by atoms with van der Waals surface area (Å²) in [5.41, 5.74) is 1.94. The van der Waals surface area contributed by atoms with Crippen LogP contribution in [0.2, 0.25) is 5.28 Å². The first kappa shape index (κ1) is 37.9. The lowest BCUT2D eigenvalue weighted by molar-refractivity contribution is 0.277. The van der Waals surface area contributed by atoms with E-state index in [0.717, 1.165) is 79.6 Å². The van der Waals surface area contributed by atoms with Crippen LogP contribution in [-0.2, 0) is 0 Å². The Morgan fingerprint density at radius 2 is 1.09 bits per heavy atom. The Hall–Kier alpha value is -3.95. The minimum Gasteiger partial charge on any atom is -0.341 e. The molecular formula is C39H58ClN15. The van der Waals surface area contributed by atoms with Crippen LogP contribution in [-0.4, -0.2) is 125 Å². The lowest BCUT2D eigenvalue weighted by Crippen LogP contribution is -2.46. The topological polar surface area (TPSA) is 129 Å². The third-order valence-electron chi connectivity index (χ3n) is 12.5. The van der Waals surface area contributed by atoms with Crippen molar-refractivity contribution in [3.63, 3.8) is 0 Å². The number of likely N-dealkylation sites (N-methyl/N-ethyl adjacent to an activating group) is 1. The molecule has 2 atom stereocenters. The van der Waals surface area contributed by atoms with Crippen LogP contribution in [0.4, 0.5) is 17.6 Å². The molecule has 4 aromatic heterocycles. The first-order chi connectivity index (χ1) is 26.9. The van der Waals surface area contributed by atoms with Gasteiger partial charge in [0.2, 0.25) is 11.2 Å². The minimum absolute atomic E-state index is 0.203. The maximum atomic E-state index is 6.05. The highest BCUT2D eigenvalue weighted by atomic mass is 35.5. The van der Waals surface area contributed by atoms with E-state index in [9.17, 15) is 0 Å². The number of piperazine rings is 1. The molecule has 4 aromatic rings. The lowest BCUT2D eigenvalue weighted by atomic mass is 10.0. The number of piperidine rings is 1. The van der Waals surface area contributed by atoms with E-state index in [1.807, 2.05) is 17.1 Å². The second-order valence-corrected chi connectivity index (χ2v) is 16.4. The summed E-state index contributed by atoms with van der Waals surface area (Å²) in [6.45, 7) is 11.1. The summed E-state index contributed by atoms with van der Waals surface area (Å²) in [5, 5.41) is 17.4. The molecule has 2 saturated carbocycles. The maximum Gasteiger partial charge on any atom is 0.227 e. The third kappa shape index (κ3) is 7.76. The lowest BCUT2D eigenvalue weighted by Gasteiger charge is -2.41. The molecule has 0 bridgehead atoms. The fourth-order valence-electron chi connectivity index (χ4n) is 9.47. The van der Waals surface area contributed by atoms with E-state index in [1.165, 1.54) is 83.7 Å². The molecule has 0 aromatic carbocycles. The Labute approximate surface area is 330 Å². The van der Waals surface area contributed by atoms with Crippen molar-refractivity contribution in [2.75, 3.05) is 68.1 Å². The first-order valence-electron chi connectivity index (χ1n) is 20.8. The summed E-state index contributed by atoms with van der Waals surface area (Å²) >= 11 is 6.05. The van der Waals surface area contributed by atoms with Gasteiger partial charge >= 0.3 is 0 Å². The van der Waals surface area contributed by atoms with Crippen LogP contribution in [0.1, 0.15) is 121 Å². The molecule has 8 heterocycles. The van der Waals surface area contributed by atoms with Crippen molar-refractivity contribution < 1.29 is 0 Å². The van der Waals surface area contributed by atoms with E-state index in [4.69, 9.17) is 21.6 Å². The average Bonchev–Trinajstić information content (AvgIpc) is 4.06. The van der Waals surface area contributed by atoms with Crippen molar-refractivity contribution >= 4 is 29.2 Å². The molecule has 55 heavy (non-hydrogen) atoms. The molecule has 4 fully saturated rings. The maximum absolute atomic E-state index is 6.05. The number of aromatic nitrogens is 10. The fraction of sp³-hybridized carbons (Fsp3) is 0.692. The summed E-state index contributed by atoms with van der Waals surface area (Å²) in [6.07, 6.45) is 23.6. The van der Waals surface area contributed by atoms with Crippen LogP contribution in [0.5, 0.6) is 0 Å². The molecule has 15 nitrogen and oxygen atoms in total. The average molecular weight is 772 g/mol. The highest BCUT2D eigenvalue weighted by Crippen LogP contribution is 2.44. The number of likely N-dealkylation sites (tertiary alicyclic amines) is 1. The van der Waals surface area contributed by atoms with Crippen LogP contribution in [0.25, 0.3) is 11.4 Å². The van der Waals surface area contributed by atoms with Gasteiger partial charge in [0.05, 0.1) is 24.5 Å². The Bertz CT molecular complexity index is 1850. The van der Waals surface area contributed by atoms with E-state index in [1.54, 1.807) is 12.5 Å². The molecular weight excluding hydrogens is 714 g/mol. The van der Waals surface area contributed by atoms with Crippen LogP contribution >= 0.6 is 11.6 Å². The van der Waals surface area contributed by atoms with Gasteiger partial charge in [0, 0.05) is 38.3 Å². The Morgan fingerprint density at radius 3 is 1.58 bits per heavy atom. The van der Waals surface area contributed by atoms with Gasteiger partial charge in [-0.05, 0) is 90.2 Å². The molecule has 296 valence electrons. The zero-order chi connectivity index (χ0) is 37.9. The molecule has 0 radical (unpaired) electrons. The van der Waals surface area contributed by atoms with E-state index in [-0.39, 0.29) is 12.1 Å². The summed E-state index contributed by atoms with van der Waals surface area (Å²) in [7, 11) is 4.37. The Balaban J connectivity index is 0.000000135. The molecule has 2 aliphatic carbocycles. The Morgan fingerprint density at radius 1 is 0.600 bits per heavy atom. The van der Waals surface area contributed by atoms with Gasteiger partial charge in [0.15, 0.2) is 23.3 Å². The van der Waals surface area contributed by atoms with Gasteiger partial charge in [-0.15, -0.1) is 20.4 Å². The molecule has 2 saturated heterocycles. The molecule has 0 unspecified atom stereocenters. The number of anilines is 3. The summed E-state index contributed by atoms with van der Waals surface area (Å²) in [5.74, 6) is 4.83. The van der Waals surface area contributed by atoms with E-state index < -0.39 is 0 Å². The molecule has 10 rings (SSSR count). The van der Waals surface area contributed by atoms with Gasteiger partial charge < -0.3 is 24.5 Å². The van der Waals surface area contributed by atoms with Gasteiger partial charge in [-0.1, -0.05) is 46.0 Å². The fourth-order valence-corrected chi connectivity index (χ4v) is 9.60. The monoisotopic (exact) mass is 771 g/mol. The molecule has 4 aliphatic heterocycles. The number of halogens is 1. The van der Waals surface area contributed by atoms with Crippen molar-refractivity contribution in [2.45, 2.75) is 121 Å². The minimum atomic E-state index is 0.203. The van der Waals surface area contributed by atoms with Gasteiger partial charge in [-0.25, -0.2) is 9.97 Å². The Kier molecular flexibility index (Phi) is 11.8. The van der Waals surface area contributed by atoms with Crippen LogP contribution in [0.3, 0.4) is 0 Å². The number of rotatable bonds is 5. The van der Waals surface area contributed by atoms with Gasteiger partial charge in [-0.3, -0.25) is 9.13 Å². The third-order valence-corrected chi connectivity index (χ3v) is 12.6. The molecule has 0 amide bonds. The SMILES string of the molecule is CC[C@@H]1c2nncn2-c2cnc(Cl)nc2N1C1CCCC1.CC[C@@H]1c2nncn2-c2cnc(N3CCN(C)CC3)nc2N1C1CCCC1.CN1CCCCC1. The van der Waals surface area contributed by atoms with Crippen molar-refractivity contribution in [1.82, 2.24) is 59.3 Å². The quantitative estimate of drug-likeness (QED) is 0.219. The van der Waals surface area contributed by atoms with Crippen molar-refractivity contribution in [3.8, 4) is 11.4 Å². The van der Waals surface area contributed by atoms with Crippen molar-refractivity contribution in [3.05, 3.63) is 42.0 Å². The highest BCUT2D eigenvalue weighted by Gasteiger charge is 2.40. The van der Waals surface area contributed by atoms with Gasteiger partial charge in [0.25, 0.3) is 0 Å². The standard InChI is InChI=1S/C19H28N8.C14H17ClN6.C6H13N/c1-3-15-18-23-21-13-26(18)16-12-20-19(25-10-8-24(2)9-11-25)22-17(16)27(15)14-6-4-5-7-14;1-2-10-13-19-17-8-20(13)11-7-16-14(15)18-12(11)21(10)9-5-3-4-6-9;1-7-5-3-2-4-6-7/h12-15H,3-11H2,1-2H3;7-10H,2-6H2,1H3;2-6H2,1H3/t15-;10-;/m11./s1.